The number of alkyl halides is 3. The number of aryl methyl sites for hydroxylation is 1. The van der Waals surface area contributed by atoms with E-state index in [4.69, 9.17) is 9.47 Å². The van der Waals surface area contributed by atoms with E-state index < -0.39 is 12.8 Å². The molecule has 0 N–H and O–H groups in total. The SMILES string of the molecule is Cc1nonc1CC(=O)C[C@H]1CC[C@H](CCN2CCc3ccc(OCC(F)(F)F)nc3CC2)OC1. The number of Topliss-reactive ketones (excluding diaryl/α,β-unsaturated/α-hetero) is 1. The minimum absolute atomic E-state index is 0.0194. The minimum atomic E-state index is -4.38. The molecule has 2 aliphatic rings. The van der Waals surface area contributed by atoms with E-state index in [1.54, 1.807) is 6.92 Å². The molecule has 0 aliphatic carbocycles. The Kier molecular flexibility index (Phi) is 8.38. The van der Waals surface area contributed by atoms with Gasteiger partial charge < -0.3 is 14.4 Å². The van der Waals surface area contributed by atoms with Gasteiger partial charge in [-0.15, -0.1) is 0 Å². The van der Waals surface area contributed by atoms with Crippen LogP contribution in [0.2, 0.25) is 0 Å². The summed E-state index contributed by atoms with van der Waals surface area (Å²) in [6, 6.07) is 3.34. The van der Waals surface area contributed by atoms with Crippen molar-refractivity contribution < 1.29 is 32.1 Å². The molecule has 0 amide bonds. The van der Waals surface area contributed by atoms with Crippen molar-refractivity contribution in [3.8, 4) is 5.88 Å². The number of nitrogens with zero attached hydrogens (tertiary/aromatic N) is 4. The normalized spacial score (nSPS) is 21.4. The first kappa shape index (κ1) is 25.6. The molecule has 1 fully saturated rings. The van der Waals surface area contributed by atoms with Crippen LogP contribution >= 0.6 is 0 Å². The maximum atomic E-state index is 12.4. The van der Waals surface area contributed by atoms with Gasteiger partial charge in [-0.1, -0.05) is 16.4 Å². The summed E-state index contributed by atoms with van der Waals surface area (Å²) in [6.45, 7) is 3.58. The number of ether oxygens (including phenoxy) is 2. The number of hydrogen-bond donors (Lipinski definition) is 0. The van der Waals surface area contributed by atoms with Crippen molar-refractivity contribution in [1.82, 2.24) is 20.2 Å². The first-order chi connectivity index (χ1) is 16.7. The van der Waals surface area contributed by atoms with Crippen molar-refractivity contribution in [3.63, 3.8) is 0 Å². The third-order valence-corrected chi connectivity index (χ3v) is 6.65. The average Bonchev–Trinajstić information content (AvgIpc) is 3.10. The van der Waals surface area contributed by atoms with Gasteiger partial charge in [0, 0.05) is 44.2 Å². The molecule has 0 bridgehead atoms. The smallest absolute Gasteiger partial charge is 0.422 e. The Labute approximate surface area is 202 Å². The molecule has 4 rings (SSSR count). The molecule has 8 nitrogen and oxygen atoms in total. The van der Waals surface area contributed by atoms with Gasteiger partial charge in [0.2, 0.25) is 5.88 Å². The van der Waals surface area contributed by atoms with Crippen molar-refractivity contribution in [2.24, 2.45) is 5.92 Å². The number of carbonyl (C=O) groups excluding carboxylic acids is 1. The number of rotatable bonds is 9. The lowest BCUT2D eigenvalue weighted by atomic mass is 9.91. The van der Waals surface area contributed by atoms with Crippen molar-refractivity contribution in [2.75, 3.05) is 32.8 Å². The lowest BCUT2D eigenvalue weighted by Gasteiger charge is -2.30. The Bertz CT molecular complexity index is 989. The van der Waals surface area contributed by atoms with Gasteiger partial charge >= 0.3 is 6.18 Å². The summed E-state index contributed by atoms with van der Waals surface area (Å²) in [5.41, 5.74) is 3.13. The Balaban J connectivity index is 1.16. The predicted molar refractivity (Wildman–Crippen MR) is 119 cm³/mol. The van der Waals surface area contributed by atoms with E-state index in [9.17, 15) is 18.0 Å². The molecule has 0 radical (unpaired) electrons. The third kappa shape index (κ3) is 7.73. The largest absolute Gasteiger partial charge is 0.468 e. The Morgan fingerprint density at radius 3 is 2.74 bits per heavy atom. The van der Waals surface area contributed by atoms with E-state index in [0.29, 0.717) is 30.8 Å². The van der Waals surface area contributed by atoms with Crippen molar-refractivity contribution in [3.05, 3.63) is 34.8 Å². The zero-order valence-corrected chi connectivity index (χ0v) is 19.9. The number of ketones is 1. The van der Waals surface area contributed by atoms with Gasteiger partial charge in [-0.05, 0) is 44.1 Å². The predicted octanol–water partition coefficient (Wildman–Crippen LogP) is 3.50. The zero-order chi connectivity index (χ0) is 24.8. The molecule has 0 aromatic carbocycles. The average molecular weight is 497 g/mol. The molecule has 4 heterocycles. The first-order valence-electron chi connectivity index (χ1n) is 12.1. The van der Waals surface area contributed by atoms with Crippen LogP contribution in [0.4, 0.5) is 13.2 Å². The van der Waals surface area contributed by atoms with E-state index >= 15 is 0 Å². The fourth-order valence-corrected chi connectivity index (χ4v) is 4.63. The van der Waals surface area contributed by atoms with Crippen molar-refractivity contribution in [2.45, 2.75) is 64.1 Å². The molecular formula is C24H31F3N4O4. The standard InChI is InChI=1S/C24H31F3N4O4/c1-16-22(30-35-29-16)13-19(32)12-17-2-4-20(33-14-17)7-10-31-9-6-18-3-5-23(28-21(18)8-11-31)34-15-24(25,26)27/h3,5,17,20H,2,4,6-15H2,1H3/t17-,20-/m1/s1. The van der Waals surface area contributed by atoms with E-state index in [1.807, 2.05) is 6.07 Å². The topological polar surface area (TPSA) is 90.6 Å². The van der Waals surface area contributed by atoms with Gasteiger partial charge in [-0.3, -0.25) is 4.79 Å². The maximum Gasteiger partial charge on any atom is 0.422 e. The lowest BCUT2D eigenvalue weighted by molar-refractivity contribution is -0.154. The highest BCUT2D eigenvalue weighted by molar-refractivity contribution is 5.80. The summed E-state index contributed by atoms with van der Waals surface area (Å²) in [4.78, 5) is 19.0. The lowest BCUT2D eigenvalue weighted by Crippen LogP contribution is -2.33. The molecule has 0 unspecified atom stereocenters. The van der Waals surface area contributed by atoms with Crippen molar-refractivity contribution >= 4 is 5.78 Å². The fraction of sp³-hybridized carbons (Fsp3) is 0.667. The Morgan fingerprint density at radius 2 is 2.03 bits per heavy atom. The third-order valence-electron chi connectivity index (χ3n) is 6.65. The van der Waals surface area contributed by atoms with E-state index in [2.05, 4.69) is 24.8 Å². The Morgan fingerprint density at radius 1 is 1.20 bits per heavy atom. The van der Waals surface area contributed by atoms with E-state index in [-0.39, 0.29) is 30.1 Å². The van der Waals surface area contributed by atoms with Crippen LogP contribution in [-0.2, 0) is 28.8 Å². The molecule has 2 aliphatic heterocycles. The highest BCUT2D eigenvalue weighted by Crippen LogP contribution is 2.25. The van der Waals surface area contributed by atoms with E-state index in [0.717, 1.165) is 56.6 Å². The van der Waals surface area contributed by atoms with Gasteiger partial charge in [0.25, 0.3) is 0 Å². The molecule has 2 atom stereocenters. The van der Waals surface area contributed by atoms with Crippen LogP contribution in [0.1, 0.15) is 48.3 Å². The van der Waals surface area contributed by atoms with Crippen molar-refractivity contribution in [1.29, 1.82) is 0 Å². The second kappa shape index (κ2) is 11.5. The number of pyridine rings is 1. The summed E-state index contributed by atoms with van der Waals surface area (Å²) in [5.74, 6) is 0.373. The number of aromatic nitrogens is 3. The molecule has 2 aromatic heterocycles. The molecule has 2 aromatic rings. The summed E-state index contributed by atoms with van der Waals surface area (Å²) < 4.78 is 52.7. The molecule has 11 heteroatoms. The van der Waals surface area contributed by atoms with Crippen LogP contribution in [0.5, 0.6) is 5.88 Å². The van der Waals surface area contributed by atoms with E-state index in [1.165, 1.54) is 6.07 Å². The number of carbonyl (C=O) groups is 1. The zero-order valence-electron chi connectivity index (χ0n) is 19.9. The van der Waals surface area contributed by atoms with Crippen LogP contribution in [0.15, 0.2) is 16.8 Å². The van der Waals surface area contributed by atoms with Crippen LogP contribution in [0.25, 0.3) is 0 Å². The summed E-state index contributed by atoms with van der Waals surface area (Å²) in [5, 5.41) is 7.49. The molecule has 1 saturated heterocycles. The fourth-order valence-electron chi connectivity index (χ4n) is 4.63. The van der Waals surface area contributed by atoms with Gasteiger partial charge in [0.15, 0.2) is 6.61 Å². The van der Waals surface area contributed by atoms with Crippen LogP contribution in [0, 0.1) is 12.8 Å². The maximum absolute atomic E-state index is 12.4. The molecule has 0 saturated carbocycles. The Hall–Kier alpha value is -2.53. The van der Waals surface area contributed by atoms with Gasteiger partial charge in [-0.25, -0.2) is 9.61 Å². The number of fused-ring (bicyclic) bond motifs is 1. The van der Waals surface area contributed by atoms with Crippen LogP contribution in [-0.4, -0.2) is 71.1 Å². The molecule has 35 heavy (non-hydrogen) atoms. The highest BCUT2D eigenvalue weighted by atomic mass is 19.4. The highest BCUT2D eigenvalue weighted by Gasteiger charge is 2.29. The minimum Gasteiger partial charge on any atom is -0.468 e. The second-order valence-corrected chi connectivity index (χ2v) is 9.40. The van der Waals surface area contributed by atoms with Gasteiger partial charge in [0.1, 0.15) is 17.2 Å². The number of halogens is 3. The molecule has 0 spiro atoms. The van der Waals surface area contributed by atoms with Crippen LogP contribution in [0.3, 0.4) is 0 Å². The summed E-state index contributed by atoms with van der Waals surface area (Å²) in [6.07, 6.45) is 0.801. The van der Waals surface area contributed by atoms with Crippen LogP contribution < -0.4 is 4.74 Å². The number of hydrogen-bond acceptors (Lipinski definition) is 8. The second-order valence-electron chi connectivity index (χ2n) is 9.40. The molecule has 192 valence electrons. The quantitative estimate of drug-likeness (QED) is 0.521. The first-order valence-corrected chi connectivity index (χ1v) is 12.1. The molecular weight excluding hydrogens is 465 g/mol. The monoisotopic (exact) mass is 496 g/mol. The van der Waals surface area contributed by atoms with Gasteiger partial charge in [-0.2, -0.15) is 13.2 Å². The summed E-state index contributed by atoms with van der Waals surface area (Å²) in [7, 11) is 0. The summed E-state index contributed by atoms with van der Waals surface area (Å²) >= 11 is 0. The van der Waals surface area contributed by atoms with Gasteiger partial charge in [0.05, 0.1) is 19.1 Å².